The molecule has 3 aromatic carbocycles. The fraction of sp³-hybridized carbons (Fsp3) is 0.344. The third-order valence-corrected chi connectivity index (χ3v) is 8.48. The molecule has 2 amide bonds. The lowest BCUT2D eigenvalue weighted by molar-refractivity contribution is -0.122. The van der Waals surface area contributed by atoms with Gasteiger partial charge in [-0.25, -0.2) is 9.18 Å². The maximum atomic E-state index is 14.9. The molecule has 0 radical (unpaired) electrons. The van der Waals surface area contributed by atoms with Crippen LogP contribution in [0.4, 0.5) is 15.8 Å². The lowest BCUT2D eigenvalue weighted by Crippen LogP contribution is -2.49. The molecule has 226 valence electrons. The lowest BCUT2D eigenvalue weighted by atomic mass is 9.62. The molecule has 3 N–H and O–H groups in total. The van der Waals surface area contributed by atoms with Crippen molar-refractivity contribution in [1.82, 2.24) is 5.32 Å². The van der Waals surface area contributed by atoms with E-state index in [9.17, 15) is 18.8 Å². The Morgan fingerprint density at radius 1 is 1.02 bits per heavy atom. The van der Waals surface area contributed by atoms with Crippen molar-refractivity contribution in [3.05, 3.63) is 87.2 Å². The zero-order valence-corrected chi connectivity index (χ0v) is 25.8. The van der Waals surface area contributed by atoms with Crippen LogP contribution in [0, 0.1) is 11.2 Å². The van der Waals surface area contributed by atoms with Gasteiger partial charge in [-0.05, 0) is 71.5 Å². The average molecular weight is 629 g/mol. The molecule has 3 aromatic rings. The fourth-order valence-electron chi connectivity index (χ4n) is 6.43. The first-order chi connectivity index (χ1) is 20.3. The molecule has 1 saturated heterocycles. The average Bonchev–Trinajstić information content (AvgIpc) is 3.41. The van der Waals surface area contributed by atoms with E-state index in [0.717, 1.165) is 0 Å². The van der Waals surface area contributed by atoms with Crippen LogP contribution in [-0.4, -0.2) is 44.1 Å². The maximum absolute atomic E-state index is 14.9. The molecule has 0 aromatic heterocycles. The third kappa shape index (κ3) is 5.57. The minimum atomic E-state index is -1.31. The predicted octanol–water partition coefficient (Wildman–Crippen LogP) is 6.32. The van der Waals surface area contributed by atoms with Gasteiger partial charge in [-0.15, -0.1) is 0 Å². The van der Waals surface area contributed by atoms with Crippen molar-refractivity contribution in [2.24, 2.45) is 5.41 Å². The summed E-state index contributed by atoms with van der Waals surface area (Å²) in [6.07, 6.45) is 0.503. The van der Waals surface area contributed by atoms with Crippen LogP contribution in [0.5, 0.6) is 5.75 Å². The van der Waals surface area contributed by atoms with E-state index in [-0.39, 0.29) is 27.7 Å². The zero-order chi connectivity index (χ0) is 31.3. The number of esters is 1. The molecule has 0 unspecified atom stereocenters. The second-order valence-electron chi connectivity index (χ2n) is 12.1. The normalized spacial score (nSPS) is 22.7. The summed E-state index contributed by atoms with van der Waals surface area (Å²) in [4.78, 5) is 40.6. The number of anilines is 2. The van der Waals surface area contributed by atoms with E-state index < -0.39 is 41.1 Å². The van der Waals surface area contributed by atoms with Crippen molar-refractivity contribution in [3.8, 4) is 5.75 Å². The molecule has 8 nitrogen and oxygen atoms in total. The summed E-state index contributed by atoms with van der Waals surface area (Å²) in [7, 11) is 2.68. The van der Waals surface area contributed by atoms with Gasteiger partial charge in [0.2, 0.25) is 11.8 Å². The van der Waals surface area contributed by atoms with E-state index in [1.807, 2.05) is 20.8 Å². The van der Waals surface area contributed by atoms with Gasteiger partial charge in [0.25, 0.3) is 0 Å². The Kier molecular flexibility index (Phi) is 8.19. The van der Waals surface area contributed by atoms with Crippen LogP contribution in [0.2, 0.25) is 10.0 Å². The number of fused-ring (bicyclic) bond motifs is 2. The van der Waals surface area contributed by atoms with Crippen LogP contribution in [0.3, 0.4) is 0 Å². The van der Waals surface area contributed by atoms with E-state index in [2.05, 4.69) is 16.0 Å². The number of nitrogens with one attached hydrogen (secondary N) is 3. The van der Waals surface area contributed by atoms with Gasteiger partial charge in [0, 0.05) is 27.7 Å². The van der Waals surface area contributed by atoms with Crippen molar-refractivity contribution in [3.63, 3.8) is 0 Å². The highest BCUT2D eigenvalue weighted by Crippen LogP contribution is 2.57. The zero-order valence-electron chi connectivity index (χ0n) is 24.3. The number of hydrogen-bond donors (Lipinski definition) is 3. The molecule has 11 heteroatoms. The minimum absolute atomic E-state index is 0.137. The van der Waals surface area contributed by atoms with Gasteiger partial charge in [0.1, 0.15) is 17.0 Å². The Bertz CT molecular complexity index is 1600. The van der Waals surface area contributed by atoms with Crippen LogP contribution in [0.1, 0.15) is 54.6 Å². The molecule has 4 atom stereocenters. The van der Waals surface area contributed by atoms with Crippen molar-refractivity contribution >= 4 is 52.4 Å². The summed E-state index contributed by atoms with van der Waals surface area (Å²) in [6.45, 7) is 6.15. The van der Waals surface area contributed by atoms with E-state index in [1.54, 1.807) is 24.3 Å². The van der Waals surface area contributed by atoms with Crippen LogP contribution >= 0.6 is 23.2 Å². The third-order valence-electron chi connectivity index (χ3n) is 8.03. The number of amides is 2. The summed E-state index contributed by atoms with van der Waals surface area (Å²) >= 11 is 12.6. The SMILES string of the molecule is COC(=O)c1ccc(NC(=O)[C@@H]2N[C@@H](CC(C)(C)C)[C@@]3(C(=O)Nc4cc(Cl)ccc43)[C@H]2c2cc(F)cc(Cl)c2)c(OC)c1. The maximum Gasteiger partial charge on any atom is 0.337 e. The highest BCUT2D eigenvalue weighted by atomic mass is 35.5. The highest BCUT2D eigenvalue weighted by molar-refractivity contribution is 6.31. The quantitative estimate of drug-likeness (QED) is 0.276. The Hall–Kier alpha value is -3.66. The summed E-state index contributed by atoms with van der Waals surface area (Å²) in [5.74, 6) is -2.61. The molecule has 0 bridgehead atoms. The van der Waals surface area contributed by atoms with Gasteiger partial charge in [0.05, 0.1) is 31.5 Å². The molecular weight excluding hydrogens is 596 g/mol. The summed E-state index contributed by atoms with van der Waals surface area (Å²) in [6, 6.07) is 12.2. The van der Waals surface area contributed by atoms with Crippen LogP contribution in [0.15, 0.2) is 54.6 Å². The van der Waals surface area contributed by atoms with Gasteiger partial charge in [-0.1, -0.05) is 50.0 Å². The first kappa shape index (κ1) is 30.8. The van der Waals surface area contributed by atoms with Crippen molar-refractivity contribution in [1.29, 1.82) is 0 Å². The largest absolute Gasteiger partial charge is 0.495 e. The summed E-state index contributed by atoms with van der Waals surface area (Å²) in [5, 5.41) is 9.92. The Morgan fingerprint density at radius 3 is 2.42 bits per heavy atom. The van der Waals surface area contributed by atoms with Gasteiger partial charge >= 0.3 is 5.97 Å². The molecule has 0 saturated carbocycles. The highest BCUT2D eigenvalue weighted by Gasteiger charge is 2.65. The number of hydrogen-bond acceptors (Lipinski definition) is 6. The molecule has 2 aliphatic rings. The van der Waals surface area contributed by atoms with Crippen LogP contribution in [0.25, 0.3) is 0 Å². The van der Waals surface area contributed by atoms with E-state index in [1.165, 1.54) is 44.6 Å². The number of methoxy groups -OCH3 is 2. The molecule has 43 heavy (non-hydrogen) atoms. The number of halogens is 3. The van der Waals surface area contributed by atoms with Crippen LogP contribution in [-0.2, 0) is 19.7 Å². The second kappa shape index (κ2) is 11.4. The van der Waals surface area contributed by atoms with Gasteiger partial charge in [0.15, 0.2) is 0 Å². The fourth-order valence-corrected chi connectivity index (χ4v) is 6.83. The first-order valence-corrected chi connectivity index (χ1v) is 14.4. The lowest BCUT2D eigenvalue weighted by Gasteiger charge is -2.37. The number of benzene rings is 3. The molecule has 1 spiro atoms. The molecule has 5 rings (SSSR count). The monoisotopic (exact) mass is 627 g/mol. The Balaban J connectivity index is 1.68. The van der Waals surface area contributed by atoms with E-state index in [4.69, 9.17) is 32.7 Å². The molecule has 0 aliphatic carbocycles. The minimum Gasteiger partial charge on any atom is -0.495 e. The van der Waals surface area contributed by atoms with E-state index in [0.29, 0.717) is 33.9 Å². The molecular formula is C32H32Cl2FN3O5. The van der Waals surface area contributed by atoms with E-state index >= 15 is 0 Å². The summed E-state index contributed by atoms with van der Waals surface area (Å²) < 4.78 is 25.1. The molecule has 2 aliphatic heterocycles. The van der Waals surface area contributed by atoms with Gasteiger partial charge in [-0.2, -0.15) is 0 Å². The number of ether oxygens (including phenoxy) is 2. The van der Waals surface area contributed by atoms with Crippen molar-refractivity contribution in [2.45, 2.75) is 50.6 Å². The first-order valence-electron chi connectivity index (χ1n) is 13.7. The Morgan fingerprint density at radius 2 is 1.77 bits per heavy atom. The van der Waals surface area contributed by atoms with Crippen molar-refractivity contribution < 1.29 is 28.2 Å². The van der Waals surface area contributed by atoms with Crippen LogP contribution < -0.4 is 20.7 Å². The Labute approximate surface area is 259 Å². The second-order valence-corrected chi connectivity index (χ2v) is 12.9. The number of carbonyl (C=O) groups is 3. The predicted molar refractivity (Wildman–Crippen MR) is 164 cm³/mol. The van der Waals surface area contributed by atoms with Gasteiger partial charge < -0.3 is 25.4 Å². The topological polar surface area (TPSA) is 106 Å². The molecule has 2 heterocycles. The number of carbonyl (C=O) groups excluding carboxylic acids is 3. The smallest absolute Gasteiger partial charge is 0.337 e. The summed E-state index contributed by atoms with van der Waals surface area (Å²) in [5.41, 5.74) is 0.546. The van der Waals surface area contributed by atoms with Crippen molar-refractivity contribution in [2.75, 3.05) is 24.9 Å². The number of rotatable bonds is 6. The molecule has 1 fully saturated rings. The van der Waals surface area contributed by atoms with Gasteiger partial charge in [-0.3, -0.25) is 9.59 Å². The standard InChI is InChI=1S/C32H32Cl2FN3O5/c1-31(2,3)15-25-32(21-8-7-18(33)14-23(21)37-30(32)41)26(17-10-19(34)13-20(35)11-17)27(38-25)28(39)36-22-9-6-16(29(40)43-5)12-24(22)42-4/h6-14,25-27,38H,15H2,1-5H3,(H,36,39)(H,37,41)/t25-,26-,27+,32+/m0/s1.